The number of nitrogens with zero attached hydrogens (tertiary/aromatic N) is 2. The van der Waals surface area contributed by atoms with Crippen LogP contribution in [0.15, 0.2) is 126 Å². The summed E-state index contributed by atoms with van der Waals surface area (Å²) in [7, 11) is 0. The normalized spacial score (nSPS) is 14.2. The quantitative estimate of drug-likeness (QED) is 0.173. The number of allylic oxidation sites excluding steroid dienone is 1. The zero-order valence-corrected chi connectivity index (χ0v) is 25.9. The highest BCUT2D eigenvalue weighted by molar-refractivity contribution is 6.90. The molecule has 4 heterocycles. The largest absolute Gasteiger partial charge is 0.455 e. The number of hydrogen-bond donors (Lipinski definition) is 0. The molecule has 2 aromatic heterocycles. The smallest absolute Gasteiger partial charge is 0.333 e. The number of hydrogen-bond acceptors (Lipinski definition) is 2. The lowest BCUT2D eigenvalue weighted by Gasteiger charge is -2.41. The molecule has 3 nitrogen and oxygen atoms in total. The van der Waals surface area contributed by atoms with Gasteiger partial charge >= 0.3 is 6.85 Å². The summed E-state index contributed by atoms with van der Waals surface area (Å²) in [6, 6.07) is 49.1. The van der Waals surface area contributed by atoms with Gasteiger partial charge in [0.1, 0.15) is 11.2 Å². The van der Waals surface area contributed by atoms with Crippen LogP contribution in [0.2, 0.25) is 0 Å². The van der Waals surface area contributed by atoms with Crippen LogP contribution in [-0.4, -0.2) is 11.3 Å². The van der Waals surface area contributed by atoms with E-state index in [-0.39, 0.29) is 6.85 Å². The Bertz CT molecular complexity index is 2930. The van der Waals surface area contributed by atoms with Crippen molar-refractivity contribution in [1.82, 2.24) is 4.48 Å². The van der Waals surface area contributed by atoms with Crippen molar-refractivity contribution in [3.63, 3.8) is 0 Å². The van der Waals surface area contributed by atoms with Gasteiger partial charge in [0.15, 0.2) is 0 Å². The van der Waals surface area contributed by atoms with Crippen molar-refractivity contribution >= 4 is 95.4 Å². The van der Waals surface area contributed by atoms with Crippen LogP contribution in [0, 0.1) is 12.1 Å². The number of benzene rings is 6. The molecule has 0 spiro atoms. The first-order valence-electron chi connectivity index (χ1n) is 16.8. The minimum Gasteiger partial charge on any atom is -0.455 e. The summed E-state index contributed by atoms with van der Waals surface area (Å²) in [6.07, 6.45) is 6.63. The minimum absolute atomic E-state index is 0.0615. The van der Waals surface area contributed by atoms with E-state index in [0.717, 1.165) is 40.2 Å². The molecule has 0 bridgehead atoms. The molecule has 12 rings (SSSR count). The Morgan fingerprint density at radius 1 is 0.750 bits per heavy atom. The molecule has 0 fully saturated rings. The van der Waals surface area contributed by atoms with E-state index in [4.69, 9.17) is 4.42 Å². The average molecular weight is 609 g/mol. The first-order valence-corrected chi connectivity index (χ1v) is 16.8. The predicted octanol–water partition coefficient (Wildman–Crippen LogP) is 9.82. The van der Waals surface area contributed by atoms with Gasteiger partial charge in [0.25, 0.3) is 0 Å². The Labute approximate surface area is 277 Å². The summed E-state index contributed by atoms with van der Waals surface area (Å²) >= 11 is 0. The maximum Gasteiger partial charge on any atom is 0.333 e. The van der Waals surface area contributed by atoms with Gasteiger partial charge < -0.3 is 13.8 Å². The van der Waals surface area contributed by atoms with E-state index < -0.39 is 0 Å². The van der Waals surface area contributed by atoms with Crippen molar-refractivity contribution in [3.8, 4) is 11.1 Å². The minimum atomic E-state index is -0.0615. The van der Waals surface area contributed by atoms with Gasteiger partial charge in [-0.15, -0.1) is 0 Å². The van der Waals surface area contributed by atoms with E-state index >= 15 is 0 Å². The van der Waals surface area contributed by atoms with Crippen molar-refractivity contribution in [3.05, 3.63) is 145 Å². The molecule has 7 aromatic carbocycles. The number of anilines is 3. The highest BCUT2D eigenvalue weighted by Gasteiger charge is 2.45. The Morgan fingerprint density at radius 3 is 2.60 bits per heavy atom. The lowest BCUT2D eigenvalue weighted by Crippen LogP contribution is -2.56. The van der Waals surface area contributed by atoms with Crippen LogP contribution in [-0.2, 0) is 6.42 Å². The molecule has 48 heavy (non-hydrogen) atoms. The lowest BCUT2D eigenvalue weighted by atomic mass is 9.44. The fourth-order valence-electron chi connectivity index (χ4n) is 9.17. The molecular formula is C44H25BN2O. The molecule has 0 unspecified atom stereocenters. The first kappa shape index (κ1) is 25.0. The topological polar surface area (TPSA) is 21.3 Å². The zero-order valence-electron chi connectivity index (χ0n) is 25.9. The number of aromatic nitrogens is 1. The molecule has 0 radical (unpaired) electrons. The predicted molar refractivity (Wildman–Crippen MR) is 200 cm³/mol. The van der Waals surface area contributed by atoms with Gasteiger partial charge in [0.05, 0.1) is 11.1 Å². The summed E-state index contributed by atoms with van der Waals surface area (Å²) in [6.45, 7) is -0.0615. The van der Waals surface area contributed by atoms with E-state index in [9.17, 15) is 0 Å². The number of para-hydroxylation sites is 3. The Balaban J connectivity index is 1.35. The average Bonchev–Trinajstić information content (AvgIpc) is 3.69. The van der Waals surface area contributed by atoms with Crippen LogP contribution in [0.4, 0.5) is 17.1 Å². The number of furan rings is 1. The van der Waals surface area contributed by atoms with Crippen LogP contribution in [0.1, 0.15) is 17.5 Å². The fourth-order valence-corrected chi connectivity index (χ4v) is 9.17. The van der Waals surface area contributed by atoms with Crippen LogP contribution < -0.4 is 15.8 Å². The summed E-state index contributed by atoms with van der Waals surface area (Å²) in [5.41, 5.74) is 15.7. The van der Waals surface area contributed by atoms with Crippen molar-refractivity contribution < 1.29 is 4.42 Å². The summed E-state index contributed by atoms with van der Waals surface area (Å²) in [5, 5.41) is 7.10. The highest BCUT2D eigenvalue weighted by Crippen LogP contribution is 2.51. The standard InChI is InChI=1S/C44H25BN2O/c1-3-14-28-26(11-1)13-9-21-36(28)46-38-25-34-31-17-6-8-22-39(31)48-44(34)40-33-19-10-18-32-30-16-5-7-20-37(30)47(42(32)33)45(41(38)40)35-24-23-27-12-2-4-15-29(27)43(35)46/h1-2,5-13,16-25H,3,14H2. The van der Waals surface area contributed by atoms with Gasteiger partial charge in [-0.3, -0.25) is 0 Å². The van der Waals surface area contributed by atoms with Crippen molar-refractivity contribution in [2.75, 3.05) is 4.90 Å². The van der Waals surface area contributed by atoms with Crippen molar-refractivity contribution in [1.29, 1.82) is 0 Å². The molecule has 2 aliphatic heterocycles. The molecule has 0 N–H and O–H groups in total. The van der Waals surface area contributed by atoms with Gasteiger partial charge in [-0.05, 0) is 76.7 Å². The second kappa shape index (κ2) is 8.79. The first-order chi connectivity index (χ1) is 23.8. The fraction of sp³-hybridized carbons (Fsp3) is 0.0455. The second-order valence-corrected chi connectivity index (χ2v) is 13.3. The van der Waals surface area contributed by atoms with Crippen molar-refractivity contribution in [2.45, 2.75) is 12.8 Å². The van der Waals surface area contributed by atoms with Crippen LogP contribution in [0.25, 0.3) is 71.7 Å². The Kier molecular flexibility index (Phi) is 4.57. The van der Waals surface area contributed by atoms with Crippen LogP contribution >= 0.6 is 0 Å². The summed E-state index contributed by atoms with van der Waals surface area (Å²) < 4.78 is 9.49. The van der Waals surface area contributed by atoms with Gasteiger partial charge in [-0.2, -0.15) is 0 Å². The molecule has 0 saturated heterocycles. The van der Waals surface area contributed by atoms with E-state index in [2.05, 4.69) is 143 Å². The Morgan fingerprint density at radius 2 is 1.62 bits per heavy atom. The SMILES string of the molecule is c1ccc2ccc3c(c2c#1)N(c1cccc2c1CCC=C2)c1cc2c(oc4ccccc42)c2c1B3n1c3ccccc3c3cccc-2c31. The van der Waals surface area contributed by atoms with E-state index in [0.29, 0.717) is 0 Å². The zero-order chi connectivity index (χ0) is 31.1. The van der Waals surface area contributed by atoms with E-state index in [1.54, 1.807) is 0 Å². The lowest BCUT2D eigenvalue weighted by molar-refractivity contribution is 0.670. The van der Waals surface area contributed by atoms with Gasteiger partial charge in [0.2, 0.25) is 0 Å². The molecule has 0 amide bonds. The molecule has 0 atom stereocenters. The van der Waals surface area contributed by atoms with Gasteiger partial charge in [-0.25, -0.2) is 0 Å². The second-order valence-electron chi connectivity index (χ2n) is 13.3. The molecule has 4 heteroatoms. The van der Waals surface area contributed by atoms with Crippen molar-refractivity contribution in [2.24, 2.45) is 0 Å². The van der Waals surface area contributed by atoms with E-state index in [1.807, 2.05) is 6.07 Å². The molecule has 1 aliphatic carbocycles. The molecule has 3 aliphatic rings. The molecular weight excluding hydrogens is 583 g/mol. The van der Waals surface area contributed by atoms with Crippen LogP contribution in [0.3, 0.4) is 0 Å². The summed E-state index contributed by atoms with van der Waals surface area (Å²) in [4.78, 5) is 2.56. The maximum absolute atomic E-state index is 6.88. The van der Waals surface area contributed by atoms with Crippen LogP contribution in [0.5, 0.6) is 0 Å². The highest BCUT2D eigenvalue weighted by atomic mass is 16.3. The maximum atomic E-state index is 6.88. The van der Waals surface area contributed by atoms with E-state index in [1.165, 1.54) is 77.4 Å². The molecule has 220 valence electrons. The van der Waals surface area contributed by atoms with Gasteiger partial charge in [-0.1, -0.05) is 103 Å². The third kappa shape index (κ3) is 2.94. The van der Waals surface area contributed by atoms with Gasteiger partial charge in [0, 0.05) is 55.1 Å². The molecule has 9 aromatic rings. The summed E-state index contributed by atoms with van der Waals surface area (Å²) in [5.74, 6) is 0. The Hall–Kier alpha value is -6.18. The number of rotatable bonds is 1. The third-order valence-corrected chi connectivity index (χ3v) is 11.0. The molecule has 0 saturated carbocycles. The third-order valence-electron chi connectivity index (χ3n) is 11.0. The number of fused-ring (bicyclic) bond motifs is 14. The monoisotopic (exact) mass is 608 g/mol.